The Bertz CT molecular complexity index is 765. The molecule has 1 aliphatic rings. The van der Waals surface area contributed by atoms with Gasteiger partial charge in [-0.15, -0.1) is 0 Å². The van der Waals surface area contributed by atoms with Crippen LogP contribution in [0.1, 0.15) is 17.5 Å². The second kappa shape index (κ2) is 7.95. The summed E-state index contributed by atoms with van der Waals surface area (Å²) in [5.41, 5.74) is 8.67. The normalized spacial score (nSPS) is 19.3. The van der Waals surface area contributed by atoms with Crippen molar-refractivity contribution in [2.24, 2.45) is 11.1 Å². The maximum Gasteiger partial charge on any atom is 0.232 e. The summed E-state index contributed by atoms with van der Waals surface area (Å²) in [5, 5.41) is 3.10. The van der Waals surface area contributed by atoms with Gasteiger partial charge in [0.2, 0.25) is 5.91 Å². The van der Waals surface area contributed by atoms with E-state index in [0.717, 1.165) is 17.6 Å². The van der Waals surface area contributed by atoms with Crippen LogP contribution in [-0.4, -0.2) is 19.0 Å². The lowest BCUT2D eigenvalue weighted by atomic mass is 9.71. The van der Waals surface area contributed by atoms with Gasteiger partial charge in [-0.1, -0.05) is 78.9 Å². The zero-order valence-electron chi connectivity index (χ0n) is 14.3. The molecule has 0 bridgehead atoms. The predicted octanol–water partition coefficient (Wildman–Crippen LogP) is 3.33. The molecule has 1 amide bonds. The van der Waals surface area contributed by atoms with Crippen molar-refractivity contribution in [3.05, 3.63) is 90.0 Å². The van der Waals surface area contributed by atoms with Crippen molar-refractivity contribution >= 4 is 11.5 Å². The molecule has 1 atom stereocenters. The van der Waals surface area contributed by atoms with Crippen LogP contribution in [0.15, 0.2) is 78.9 Å². The first-order chi connectivity index (χ1) is 12.3. The monoisotopic (exact) mass is 332 g/mol. The van der Waals surface area contributed by atoms with Crippen molar-refractivity contribution in [3.63, 3.8) is 0 Å². The summed E-state index contributed by atoms with van der Waals surface area (Å²) in [5.74, 6) is 0.00499. The smallest absolute Gasteiger partial charge is 0.232 e. The van der Waals surface area contributed by atoms with Crippen LogP contribution < -0.4 is 11.1 Å². The molecule has 0 fully saturated rings. The Balaban J connectivity index is 1.75. The average molecular weight is 332 g/mol. The van der Waals surface area contributed by atoms with E-state index in [4.69, 9.17) is 5.73 Å². The fraction of sp³-hybridized carbons (Fsp3) is 0.227. The number of amides is 1. The van der Waals surface area contributed by atoms with Gasteiger partial charge < -0.3 is 11.1 Å². The Morgan fingerprint density at radius 2 is 1.72 bits per heavy atom. The molecule has 0 spiro atoms. The SMILES string of the molecule is NCC1(C(=O)NCCc2ccccc2)CC=CC=C1c1ccccc1. The molecule has 1 aliphatic carbocycles. The zero-order valence-corrected chi connectivity index (χ0v) is 14.3. The minimum atomic E-state index is -0.702. The van der Waals surface area contributed by atoms with Crippen molar-refractivity contribution in [3.8, 4) is 0 Å². The van der Waals surface area contributed by atoms with E-state index < -0.39 is 5.41 Å². The molecule has 0 saturated heterocycles. The van der Waals surface area contributed by atoms with Gasteiger partial charge in [0.15, 0.2) is 0 Å². The van der Waals surface area contributed by atoms with Gasteiger partial charge >= 0.3 is 0 Å². The molecule has 0 heterocycles. The van der Waals surface area contributed by atoms with Crippen molar-refractivity contribution in [2.75, 3.05) is 13.1 Å². The van der Waals surface area contributed by atoms with E-state index in [-0.39, 0.29) is 12.5 Å². The topological polar surface area (TPSA) is 55.1 Å². The quantitative estimate of drug-likeness (QED) is 0.852. The molecule has 1 unspecified atom stereocenters. The number of nitrogens with one attached hydrogen (secondary N) is 1. The Morgan fingerprint density at radius 1 is 1.04 bits per heavy atom. The summed E-state index contributed by atoms with van der Waals surface area (Å²) >= 11 is 0. The Labute approximate surface area is 149 Å². The van der Waals surface area contributed by atoms with Gasteiger partial charge in [-0.05, 0) is 29.5 Å². The van der Waals surface area contributed by atoms with E-state index in [1.165, 1.54) is 5.56 Å². The Hall–Kier alpha value is -2.65. The number of hydrogen-bond acceptors (Lipinski definition) is 2. The van der Waals surface area contributed by atoms with Gasteiger partial charge in [-0.2, -0.15) is 0 Å². The fourth-order valence-corrected chi connectivity index (χ4v) is 3.33. The number of carbonyl (C=O) groups is 1. The number of hydrogen-bond donors (Lipinski definition) is 2. The Kier molecular flexibility index (Phi) is 5.46. The molecule has 25 heavy (non-hydrogen) atoms. The second-order valence-electron chi connectivity index (χ2n) is 6.36. The van der Waals surface area contributed by atoms with Crippen LogP contribution in [0, 0.1) is 5.41 Å². The lowest BCUT2D eigenvalue weighted by Gasteiger charge is -2.35. The van der Waals surface area contributed by atoms with E-state index in [9.17, 15) is 4.79 Å². The van der Waals surface area contributed by atoms with Gasteiger partial charge in [-0.25, -0.2) is 0 Å². The number of rotatable bonds is 6. The maximum atomic E-state index is 13.1. The van der Waals surface area contributed by atoms with Crippen LogP contribution in [0.3, 0.4) is 0 Å². The van der Waals surface area contributed by atoms with E-state index in [1.807, 2.05) is 66.8 Å². The highest BCUT2D eigenvalue weighted by Crippen LogP contribution is 2.40. The highest BCUT2D eigenvalue weighted by Gasteiger charge is 2.41. The third kappa shape index (κ3) is 3.72. The standard InChI is InChI=1S/C22H24N2O/c23-17-22(21(25)24-16-14-18-9-3-1-4-10-18)15-8-7-13-20(22)19-11-5-2-6-12-19/h1-13H,14-17,23H2,(H,24,25). The molecule has 0 aliphatic heterocycles. The molecule has 3 N–H and O–H groups in total. The van der Waals surface area contributed by atoms with E-state index in [0.29, 0.717) is 13.0 Å². The molecule has 3 nitrogen and oxygen atoms in total. The first kappa shape index (κ1) is 17.2. The van der Waals surface area contributed by atoms with Crippen molar-refractivity contribution in [1.82, 2.24) is 5.32 Å². The first-order valence-electron chi connectivity index (χ1n) is 8.71. The van der Waals surface area contributed by atoms with E-state index in [2.05, 4.69) is 17.4 Å². The molecular formula is C22H24N2O. The van der Waals surface area contributed by atoms with Gasteiger partial charge in [0.1, 0.15) is 0 Å². The number of carbonyl (C=O) groups excluding carboxylic acids is 1. The largest absolute Gasteiger partial charge is 0.355 e. The van der Waals surface area contributed by atoms with Crippen LogP contribution in [0.2, 0.25) is 0 Å². The molecular weight excluding hydrogens is 308 g/mol. The van der Waals surface area contributed by atoms with E-state index >= 15 is 0 Å². The third-order valence-electron chi connectivity index (χ3n) is 4.79. The van der Waals surface area contributed by atoms with Crippen LogP contribution in [-0.2, 0) is 11.2 Å². The minimum Gasteiger partial charge on any atom is -0.355 e. The summed E-state index contributed by atoms with van der Waals surface area (Å²) in [4.78, 5) is 13.1. The molecule has 0 radical (unpaired) electrons. The van der Waals surface area contributed by atoms with Crippen molar-refractivity contribution in [1.29, 1.82) is 0 Å². The maximum absolute atomic E-state index is 13.1. The molecule has 128 valence electrons. The van der Waals surface area contributed by atoms with Crippen LogP contribution in [0.5, 0.6) is 0 Å². The van der Waals surface area contributed by atoms with Gasteiger partial charge in [0.25, 0.3) is 0 Å². The van der Waals surface area contributed by atoms with Gasteiger partial charge in [-0.3, -0.25) is 4.79 Å². The zero-order chi connectivity index (χ0) is 17.5. The summed E-state index contributed by atoms with van der Waals surface area (Å²) in [6.07, 6.45) is 7.49. The fourth-order valence-electron chi connectivity index (χ4n) is 3.33. The van der Waals surface area contributed by atoms with Crippen LogP contribution in [0.25, 0.3) is 5.57 Å². The molecule has 3 rings (SSSR count). The lowest BCUT2D eigenvalue weighted by Crippen LogP contribution is -2.47. The number of nitrogens with two attached hydrogens (primary N) is 1. The predicted molar refractivity (Wildman–Crippen MR) is 103 cm³/mol. The highest BCUT2D eigenvalue weighted by atomic mass is 16.2. The summed E-state index contributed by atoms with van der Waals surface area (Å²) in [7, 11) is 0. The Morgan fingerprint density at radius 3 is 2.40 bits per heavy atom. The van der Waals surface area contributed by atoms with Gasteiger partial charge in [0, 0.05) is 13.1 Å². The second-order valence-corrected chi connectivity index (χ2v) is 6.36. The van der Waals surface area contributed by atoms with Crippen LogP contribution in [0.4, 0.5) is 0 Å². The summed E-state index contributed by atoms with van der Waals surface area (Å²) in [6, 6.07) is 20.2. The molecule has 0 aromatic heterocycles. The van der Waals surface area contributed by atoms with Crippen molar-refractivity contribution < 1.29 is 4.79 Å². The number of allylic oxidation sites excluding steroid dienone is 3. The lowest BCUT2D eigenvalue weighted by molar-refractivity contribution is -0.127. The number of benzene rings is 2. The van der Waals surface area contributed by atoms with Crippen LogP contribution >= 0.6 is 0 Å². The summed E-state index contributed by atoms with van der Waals surface area (Å²) < 4.78 is 0. The van der Waals surface area contributed by atoms with E-state index in [1.54, 1.807) is 0 Å². The third-order valence-corrected chi connectivity index (χ3v) is 4.79. The average Bonchev–Trinajstić information content (AvgIpc) is 2.69. The molecule has 3 heteroatoms. The van der Waals surface area contributed by atoms with Crippen molar-refractivity contribution in [2.45, 2.75) is 12.8 Å². The minimum absolute atomic E-state index is 0.00499. The van der Waals surface area contributed by atoms with Gasteiger partial charge in [0.05, 0.1) is 5.41 Å². The first-order valence-corrected chi connectivity index (χ1v) is 8.71. The summed E-state index contributed by atoms with van der Waals surface area (Å²) in [6.45, 7) is 0.894. The molecule has 0 saturated carbocycles. The highest BCUT2D eigenvalue weighted by molar-refractivity contribution is 5.98. The molecule has 2 aromatic carbocycles. The molecule has 2 aromatic rings.